The molecule has 1 aliphatic carbocycles. The maximum absolute atomic E-state index is 13.0. The molecule has 2 heteroatoms. The molecule has 1 nitrogen and oxygen atoms in total. The van der Waals surface area contributed by atoms with Crippen molar-refractivity contribution in [2.75, 3.05) is 0 Å². The number of aliphatic hydroxyl groups is 1. The first-order chi connectivity index (χ1) is 7.75. The largest absolute Gasteiger partial charge is 0.388 e. The van der Waals surface area contributed by atoms with Crippen molar-refractivity contribution in [1.82, 2.24) is 0 Å². The van der Waals surface area contributed by atoms with Crippen LogP contribution in [0, 0.1) is 5.82 Å². The first-order valence-corrected chi connectivity index (χ1v) is 5.87. The van der Waals surface area contributed by atoms with Gasteiger partial charge in [-0.1, -0.05) is 18.2 Å². The molecular weight excluding hydrogens is 203 g/mol. The predicted octanol–water partition coefficient (Wildman–Crippen LogP) is 3.23. The minimum absolute atomic E-state index is 0.234. The van der Waals surface area contributed by atoms with E-state index in [1.54, 1.807) is 6.07 Å². The van der Waals surface area contributed by atoms with Crippen molar-refractivity contribution in [3.05, 3.63) is 47.3 Å². The van der Waals surface area contributed by atoms with Gasteiger partial charge < -0.3 is 5.11 Å². The van der Waals surface area contributed by atoms with Crippen LogP contribution in [0.2, 0.25) is 0 Å². The summed E-state index contributed by atoms with van der Waals surface area (Å²) in [5.74, 6) is -0.234. The third-order valence-electron chi connectivity index (χ3n) is 3.07. The molecular formula is C14H17FO. The Labute approximate surface area is 95.6 Å². The van der Waals surface area contributed by atoms with Crippen molar-refractivity contribution in [3.8, 4) is 0 Å². The van der Waals surface area contributed by atoms with E-state index in [0.717, 1.165) is 30.4 Å². The number of hydrogen-bond acceptors (Lipinski definition) is 1. The van der Waals surface area contributed by atoms with Crippen molar-refractivity contribution < 1.29 is 9.50 Å². The quantitative estimate of drug-likeness (QED) is 0.775. The molecule has 0 fully saturated rings. The SMILES string of the molecule is OC(Cc1cccc(F)c1)C1=CCCCC1. The third kappa shape index (κ3) is 2.92. The molecule has 0 bridgehead atoms. The first-order valence-electron chi connectivity index (χ1n) is 5.87. The second-order valence-corrected chi connectivity index (χ2v) is 4.37. The molecule has 1 aromatic rings. The highest BCUT2D eigenvalue weighted by atomic mass is 19.1. The van der Waals surface area contributed by atoms with Crippen molar-refractivity contribution in [2.24, 2.45) is 0 Å². The highest BCUT2D eigenvalue weighted by Crippen LogP contribution is 2.22. The Balaban J connectivity index is 2.01. The summed E-state index contributed by atoms with van der Waals surface area (Å²) in [6.45, 7) is 0. The van der Waals surface area contributed by atoms with Crippen LogP contribution in [0.5, 0.6) is 0 Å². The minimum Gasteiger partial charge on any atom is -0.388 e. The molecule has 1 N–H and O–H groups in total. The van der Waals surface area contributed by atoms with Gasteiger partial charge in [-0.3, -0.25) is 0 Å². The van der Waals surface area contributed by atoms with E-state index in [9.17, 15) is 9.50 Å². The molecule has 2 rings (SSSR count). The fraction of sp³-hybridized carbons (Fsp3) is 0.429. The lowest BCUT2D eigenvalue weighted by Crippen LogP contribution is -2.15. The summed E-state index contributed by atoms with van der Waals surface area (Å²) >= 11 is 0. The molecule has 1 aliphatic rings. The molecule has 1 aromatic carbocycles. The van der Waals surface area contributed by atoms with Gasteiger partial charge in [-0.25, -0.2) is 4.39 Å². The van der Waals surface area contributed by atoms with Crippen molar-refractivity contribution >= 4 is 0 Å². The number of rotatable bonds is 3. The molecule has 86 valence electrons. The molecule has 16 heavy (non-hydrogen) atoms. The van der Waals surface area contributed by atoms with Gasteiger partial charge in [0.25, 0.3) is 0 Å². The summed E-state index contributed by atoms with van der Waals surface area (Å²) in [7, 11) is 0. The molecule has 0 amide bonds. The van der Waals surface area contributed by atoms with Crippen LogP contribution in [0.3, 0.4) is 0 Å². The van der Waals surface area contributed by atoms with Crippen LogP contribution in [-0.2, 0) is 6.42 Å². The van der Waals surface area contributed by atoms with Gasteiger partial charge in [-0.15, -0.1) is 0 Å². The number of aliphatic hydroxyl groups excluding tert-OH is 1. The molecule has 0 radical (unpaired) electrons. The van der Waals surface area contributed by atoms with E-state index in [1.165, 1.54) is 18.6 Å². The second kappa shape index (κ2) is 5.26. The average Bonchev–Trinajstić information content (AvgIpc) is 2.30. The maximum Gasteiger partial charge on any atom is 0.123 e. The lowest BCUT2D eigenvalue weighted by atomic mass is 9.92. The maximum atomic E-state index is 13.0. The van der Waals surface area contributed by atoms with Crippen LogP contribution in [0.1, 0.15) is 31.2 Å². The van der Waals surface area contributed by atoms with Crippen molar-refractivity contribution in [2.45, 2.75) is 38.2 Å². The van der Waals surface area contributed by atoms with Gasteiger partial charge >= 0.3 is 0 Å². The molecule has 0 heterocycles. The average molecular weight is 220 g/mol. The predicted molar refractivity (Wildman–Crippen MR) is 62.7 cm³/mol. The van der Waals surface area contributed by atoms with Crippen LogP contribution >= 0.6 is 0 Å². The molecule has 1 atom stereocenters. The molecule has 0 spiro atoms. The number of halogens is 1. The van der Waals surface area contributed by atoms with Crippen molar-refractivity contribution in [3.63, 3.8) is 0 Å². The highest BCUT2D eigenvalue weighted by molar-refractivity contribution is 5.21. The zero-order valence-electron chi connectivity index (χ0n) is 9.32. The van der Waals surface area contributed by atoms with E-state index in [-0.39, 0.29) is 5.82 Å². The first kappa shape index (κ1) is 11.3. The standard InChI is InChI=1S/C14H17FO/c15-13-8-4-5-11(9-13)10-14(16)12-6-2-1-3-7-12/h4-6,8-9,14,16H,1-3,7,10H2. The minimum atomic E-state index is -0.443. The molecule has 0 saturated heterocycles. The van der Waals surface area contributed by atoms with E-state index in [2.05, 4.69) is 6.08 Å². The van der Waals surface area contributed by atoms with E-state index in [4.69, 9.17) is 0 Å². The van der Waals surface area contributed by atoms with Gasteiger partial charge in [0.1, 0.15) is 5.82 Å². The summed E-state index contributed by atoms with van der Waals surface area (Å²) in [5.41, 5.74) is 1.98. The van der Waals surface area contributed by atoms with Gasteiger partial charge in [-0.05, 0) is 49.0 Å². The summed E-state index contributed by atoms with van der Waals surface area (Å²) < 4.78 is 13.0. The fourth-order valence-electron chi connectivity index (χ4n) is 2.18. The zero-order valence-corrected chi connectivity index (χ0v) is 9.32. The molecule has 1 unspecified atom stereocenters. The molecule has 0 aliphatic heterocycles. The Kier molecular flexibility index (Phi) is 3.73. The Morgan fingerprint density at radius 1 is 1.31 bits per heavy atom. The monoisotopic (exact) mass is 220 g/mol. The van der Waals surface area contributed by atoms with Crippen LogP contribution in [-0.4, -0.2) is 11.2 Å². The van der Waals surface area contributed by atoms with Gasteiger partial charge in [0.15, 0.2) is 0 Å². The van der Waals surface area contributed by atoms with Crippen LogP contribution in [0.25, 0.3) is 0 Å². The lowest BCUT2D eigenvalue weighted by molar-refractivity contribution is 0.204. The van der Waals surface area contributed by atoms with Gasteiger partial charge in [0.2, 0.25) is 0 Å². The fourth-order valence-corrected chi connectivity index (χ4v) is 2.18. The van der Waals surface area contributed by atoms with E-state index in [1.807, 2.05) is 6.07 Å². The Morgan fingerprint density at radius 2 is 2.19 bits per heavy atom. The summed E-state index contributed by atoms with van der Waals surface area (Å²) in [6.07, 6.45) is 6.63. The van der Waals surface area contributed by atoms with Gasteiger partial charge in [0, 0.05) is 6.42 Å². The Morgan fingerprint density at radius 3 is 2.88 bits per heavy atom. The van der Waals surface area contributed by atoms with E-state index < -0.39 is 6.10 Å². The van der Waals surface area contributed by atoms with Gasteiger partial charge in [-0.2, -0.15) is 0 Å². The van der Waals surface area contributed by atoms with Crippen LogP contribution in [0.4, 0.5) is 4.39 Å². The van der Waals surface area contributed by atoms with Crippen LogP contribution in [0.15, 0.2) is 35.9 Å². The van der Waals surface area contributed by atoms with E-state index in [0.29, 0.717) is 6.42 Å². The third-order valence-corrected chi connectivity index (χ3v) is 3.07. The zero-order chi connectivity index (χ0) is 11.4. The number of allylic oxidation sites excluding steroid dienone is 1. The summed E-state index contributed by atoms with van der Waals surface area (Å²) in [4.78, 5) is 0. The molecule has 0 saturated carbocycles. The second-order valence-electron chi connectivity index (χ2n) is 4.37. The smallest absolute Gasteiger partial charge is 0.123 e. The number of hydrogen-bond donors (Lipinski definition) is 1. The number of benzene rings is 1. The topological polar surface area (TPSA) is 20.2 Å². The lowest BCUT2D eigenvalue weighted by Gasteiger charge is -2.18. The highest BCUT2D eigenvalue weighted by Gasteiger charge is 2.13. The van der Waals surface area contributed by atoms with Crippen LogP contribution < -0.4 is 0 Å². The van der Waals surface area contributed by atoms with Gasteiger partial charge in [0.05, 0.1) is 6.10 Å². The Hall–Kier alpha value is -1.15. The van der Waals surface area contributed by atoms with E-state index >= 15 is 0 Å². The summed E-state index contributed by atoms with van der Waals surface area (Å²) in [6, 6.07) is 6.46. The summed E-state index contributed by atoms with van der Waals surface area (Å²) in [5, 5.41) is 10.0. The molecule has 0 aromatic heterocycles. The van der Waals surface area contributed by atoms with Crippen molar-refractivity contribution in [1.29, 1.82) is 0 Å². The normalized spacial score (nSPS) is 18.0. The Bertz CT molecular complexity index is 384.